The molecule has 0 saturated carbocycles. The Morgan fingerprint density at radius 3 is 2.60 bits per heavy atom. The van der Waals surface area contributed by atoms with Gasteiger partial charge in [0.15, 0.2) is 0 Å². The minimum Gasteiger partial charge on any atom is -0.379 e. The molecule has 1 aliphatic rings. The summed E-state index contributed by atoms with van der Waals surface area (Å²) < 4.78 is 57.8. The van der Waals surface area contributed by atoms with Gasteiger partial charge in [-0.1, -0.05) is 0 Å². The van der Waals surface area contributed by atoms with Gasteiger partial charge in [0, 0.05) is 25.4 Å². The molecule has 0 bridgehead atoms. The van der Waals surface area contributed by atoms with Crippen LogP contribution in [0.15, 0.2) is 35.4 Å². The minimum atomic E-state index is -3.74. The maximum absolute atomic E-state index is 13.6. The van der Waals surface area contributed by atoms with E-state index >= 15 is 0 Å². The average Bonchev–Trinajstić information content (AvgIpc) is 3.09. The van der Waals surface area contributed by atoms with Crippen LogP contribution in [0.3, 0.4) is 0 Å². The number of amides is 1. The van der Waals surface area contributed by atoms with E-state index < -0.39 is 27.6 Å². The summed E-state index contributed by atoms with van der Waals surface area (Å²) in [5, 5.41) is 2.26. The normalized spacial score (nSPS) is 15.9. The number of carbonyl (C=O) groups is 1. The summed E-state index contributed by atoms with van der Waals surface area (Å²) in [5.41, 5.74) is -0.269. The quantitative estimate of drug-likeness (QED) is 0.853. The Labute approximate surface area is 142 Å². The molecule has 1 amide bonds. The lowest BCUT2D eigenvalue weighted by molar-refractivity contribution is 0.0730. The topological polar surface area (TPSA) is 91.5 Å². The molecule has 134 valence electrons. The summed E-state index contributed by atoms with van der Waals surface area (Å²) in [6.07, 6.45) is 1.20. The number of H-pyrrole nitrogens is 1. The molecule has 0 atom stereocenters. The number of benzene rings is 1. The molecule has 0 aliphatic carbocycles. The SMILES string of the molecule is O=C(Nc1ccc(F)cc1F)c1cc(S(=O)(=O)N2CCOCC2)c[nH]1. The number of nitrogens with zero attached hydrogens (tertiary/aromatic N) is 1. The van der Waals surface area contributed by atoms with E-state index in [1.807, 2.05) is 0 Å². The molecule has 1 saturated heterocycles. The number of aromatic nitrogens is 1. The van der Waals surface area contributed by atoms with Crippen molar-refractivity contribution in [3.63, 3.8) is 0 Å². The number of morpholine rings is 1. The maximum atomic E-state index is 13.6. The van der Waals surface area contributed by atoms with Crippen LogP contribution in [0, 0.1) is 11.6 Å². The number of hydrogen-bond donors (Lipinski definition) is 2. The Kier molecular flexibility index (Phi) is 4.84. The Balaban J connectivity index is 1.77. The number of nitrogens with one attached hydrogen (secondary N) is 2. The molecule has 1 aliphatic heterocycles. The second kappa shape index (κ2) is 6.90. The summed E-state index contributed by atoms with van der Waals surface area (Å²) in [5.74, 6) is -2.44. The lowest BCUT2D eigenvalue weighted by Crippen LogP contribution is -2.40. The van der Waals surface area contributed by atoms with Crippen molar-refractivity contribution in [2.24, 2.45) is 0 Å². The van der Waals surface area contributed by atoms with Gasteiger partial charge in [-0.2, -0.15) is 4.31 Å². The molecule has 1 aromatic carbocycles. The van der Waals surface area contributed by atoms with Crippen LogP contribution in [-0.4, -0.2) is 49.9 Å². The van der Waals surface area contributed by atoms with Crippen molar-refractivity contribution in [2.75, 3.05) is 31.6 Å². The highest BCUT2D eigenvalue weighted by Gasteiger charge is 2.28. The van der Waals surface area contributed by atoms with Crippen molar-refractivity contribution in [1.29, 1.82) is 0 Å². The fourth-order valence-electron chi connectivity index (χ4n) is 2.37. The van der Waals surface area contributed by atoms with E-state index in [1.165, 1.54) is 16.6 Å². The van der Waals surface area contributed by atoms with Gasteiger partial charge in [-0.25, -0.2) is 17.2 Å². The van der Waals surface area contributed by atoms with Crippen molar-refractivity contribution in [2.45, 2.75) is 4.90 Å². The van der Waals surface area contributed by atoms with E-state index in [0.717, 1.165) is 12.1 Å². The van der Waals surface area contributed by atoms with E-state index in [2.05, 4.69) is 10.3 Å². The predicted octanol–water partition coefficient (Wildman–Crippen LogP) is 1.57. The average molecular weight is 371 g/mol. The fraction of sp³-hybridized carbons (Fsp3) is 0.267. The first-order valence-corrected chi connectivity index (χ1v) is 8.84. The first-order valence-electron chi connectivity index (χ1n) is 7.40. The second-order valence-corrected chi connectivity index (χ2v) is 7.28. The van der Waals surface area contributed by atoms with Crippen LogP contribution in [0.4, 0.5) is 14.5 Å². The number of hydrogen-bond acceptors (Lipinski definition) is 4. The highest BCUT2D eigenvalue weighted by Crippen LogP contribution is 2.20. The Morgan fingerprint density at radius 2 is 1.92 bits per heavy atom. The molecule has 1 aromatic heterocycles. The molecule has 0 spiro atoms. The monoisotopic (exact) mass is 371 g/mol. The van der Waals surface area contributed by atoms with Gasteiger partial charge < -0.3 is 15.0 Å². The summed E-state index contributed by atoms with van der Waals surface area (Å²) in [4.78, 5) is 14.6. The van der Waals surface area contributed by atoms with Gasteiger partial charge in [-0.3, -0.25) is 4.79 Å². The fourth-order valence-corrected chi connectivity index (χ4v) is 3.77. The highest BCUT2D eigenvalue weighted by atomic mass is 32.2. The Morgan fingerprint density at radius 1 is 1.20 bits per heavy atom. The van der Waals surface area contributed by atoms with Crippen LogP contribution in [-0.2, 0) is 14.8 Å². The summed E-state index contributed by atoms with van der Waals surface area (Å²) in [6.45, 7) is 1.08. The first kappa shape index (κ1) is 17.5. The van der Waals surface area contributed by atoms with Crippen LogP contribution in [0.1, 0.15) is 10.5 Å². The van der Waals surface area contributed by atoms with Crippen molar-refractivity contribution < 1.29 is 26.7 Å². The van der Waals surface area contributed by atoms with Crippen molar-refractivity contribution in [3.05, 3.63) is 47.8 Å². The number of ether oxygens (including phenoxy) is 1. The summed E-state index contributed by atoms with van der Waals surface area (Å²) in [6, 6.07) is 3.89. The molecule has 2 heterocycles. The van der Waals surface area contributed by atoms with Gasteiger partial charge in [0.1, 0.15) is 22.2 Å². The summed E-state index contributed by atoms with van der Waals surface area (Å²) >= 11 is 0. The lowest BCUT2D eigenvalue weighted by Gasteiger charge is -2.25. The van der Waals surface area contributed by atoms with E-state index in [-0.39, 0.29) is 29.4 Å². The van der Waals surface area contributed by atoms with Gasteiger partial charge in [-0.05, 0) is 18.2 Å². The Bertz CT molecular complexity index is 892. The van der Waals surface area contributed by atoms with Crippen LogP contribution >= 0.6 is 0 Å². The number of aromatic amines is 1. The van der Waals surface area contributed by atoms with Gasteiger partial charge >= 0.3 is 0 Å². The van der Waals surface area contributed by atoms with Crippen molar-refractivity contribution >= 4 is 21.6 Å². The van der Waals surface area contributed by atoms with Crippen molar-refractivity contribution in [3.8, 4) is 0 Å². The highest BCUT2D eigenvalue weighted by molar-refractivity contribution is 7.89. The van der Waals surface area contributed by atoms with Gasteiger partial charge in [0.25, 0.3) is 5.91 Å². The largest absolute Gasteiger partial charge is 0.379 e. The second-order valence-electron chi connectivity index (χ2n) is 5.34. The third-order valence-corrected chi connectivity index (χ3v) is 5.56. The van der Waals surface area contributed by atoms with E-state index in [0.29, 0.717) is 19.3 Å². The van der Waals surface area contributed by atoms with Gasteiger partial charge in [0.2, 0.25) is 10.0 Å². The standard InChI is InChI=1S/C15H15F2N3O4S/c16-10-1-2-13(12(17)7-10)19-15(21)14-8-11(9-18-14)25(22,23)20-3-5-24-6-4-20/h1-2,7-9,18H,3-6H2,(H,19,21). The number of rotatable bonds is 4. The first-order chi connectivity index (χ1) is 11.9. The zero-order valence-electron chi connectivity index (χ0n) is 13.0. The van der Waals surface area contributed by atoms with E-state index in [1.54, 1.807) is 0 Å². The van der Waals surface area contributed by atoms with Gasteiger partial charge in [-0.15, -0.1) is 0 Å². The van der Waals surface area contributed by atoms with Gasteiger partial charge in [0.05, 0.1) is 18.9 Å². The number of halogens is 2. The third-order valence-electron chi connectivity index (χ3n) is 3.69. The lowest BCUT2D eigenvalue weighted by atomic mass is 10.3. The molecular formula is C15H15F2N3O4S. The predicted molar refractivity (Wildman–Crippen MR) is 84.7 cm³/mol. The van der Waals surface area contributed by atoms with Crippen LogP contribution in [0.5, 0.6) is 0 Å². The molecule has 3 rings (SSSR count). The van der Waals surface area contributed by atoms with E-state index in [4.69, 9.17) is 4.74 Å². The molecule has 2 aromatic rings. The maximum Gasteiger partial charge on any atom is 0.272 e. The summed E-state index contributed by atoms with van der Waals surface area (Å²) in [7, 11) is -3.74. The number of anilines is 1. The molecule has 25 heavy (non-hydrogen) atoms. The van der Waals surface area contributed by atoms with Crippen LogP contribution in [0.25, 0.3) is 0 Å². The molecular weight excluding hydrogens is 356 g/mol. The smallest absolute Gasteiger partial charge is 0.272 e. The number of carbonyl (C=O) groups excluding carboxylic acids is 1. The molecule has 2 N–H and O–H groups in total. The third kappa shape index (κ3) is 3.70. The number of sulfonamides is 1. The minimum absolute atomic E-state index is 0.0597. The molecule has 10 heteroatoms. The Hall–Kier alpha value is -2.30. The van der Waals surface area contributed by atoms with Crippen molar-refractivity contribution in [1.82, 2.24) is 9.29 Å². The zero-order chi connectivity index (χ0) is 18.0. The zero-order valence-corrected chi connectivity index (χ0v) is 13.8. The molecule has 1 fully saturated rings. The molecule has 0 radical (unpaired) electrons. The van der Waals surface area contributed by atoms with E-state index in [9.17, 15) is 22.0 Å². The molecule has 0 unspecified atom stereocenters. The van der Waals surface area contributed by atoms with Crippen LogP contribution < -0.4 is 5.32 Å². The van der Waals surface area contributed by atoms with Crippen LogP contribution in [0.2, 0.25) is 0 Å². The molecule has 7 nitrogen and oxygen atoms in total.